The van der Waals surface area contributed by atoms with Crippen molar-refractivity contribution in [2.45, 2.75) is 12.8 Å². The quantitative estimate of drug-likeness (QED) is 0.543. The smallest absolute Gasteiger partial charge is 0.227 e. The van der Waals surface area contributed by atoms with E-state index in [1.54, 1.807) is 13.3 Å². The molecule has 3 rings (SSSR count). The number of methoxy groups -OCH3 is 1. The number of hydrogen-bond donors (Lipinski definition) is 2. The summed E-state index contributed by atoms with van der Waals surface area (Å²) < 4.78 is 10.8. The number of para-hydroxylation sites is 1. The SMILES string of the molecule is COc1cccc(CCNc2ccc(NC(=O)CCOc3ccccc3)cn2)c1. The molecule has 0 aliphatic rings. The van der Waals surface area contributed by atoms with E-state index in [4.69, 9.17) is 9.47 Å². The van der Waals surface area contributed by atoms with Crippen molar-refractivity contribution >= 4 is 17.4 Å². The highest BCUT2D eigenvalue weighted by Gasteiger charge is 2.04. The maximum atomic E-state index is 12.0. The number of aromatic nitrogens is 1. The Balaban J connectivity index is 1.38. The fourth-order valence-corrected chi connectivity index (χ4v) is 2.74. The predicted molar refractivity (Wildman–Crippen MR) is 115 cm³/mol. The van der Waals surface area contributed by atoms with E-state index < -0.39 is 0 Å². The highest BCUT2D eigenvalue weighted by Crippen LogP contribution is 2.14. The molecule has 0 aliphatic heterocycles. The van der Waals surface area contributed by atoms with Gasteiger partial charge in [0, 0.05) is 6.54 Å². The van der Waals surface area contributed by atoms with Gasteiger partial charge in [-0.15, -0.1) is 0 Å². The van der Waals surface area contributed by atoms with Crippen LogP contribution in [0.4, 0.5) is 11.5 Å². The Morgan fingerprint density at radius 3 is 2.59 bits per heavy atom. The van der Waals surface area contributed by atoms with E-state index in [0.29, 0.717) is 12.3 Å². The average molecular weight is 391 g/mol. The number of pyridine rings is 1. The van der Waals surface area contributed by atoms with Crippen LogP contribution in [0.15, 0.2) is 72.9 Å². The number of carbonyl (C=O) groups excluding carboxylic acids is 1. The van der Waals surface area contributed by atoms with Crippen LogP contribution >= 0.6 is 0 Å². The topological polar surface area (TPSA) is 72.5 Å². The number of ether oxygens (including phenoxy) is 2. The molecular weight excluding hydrogens is 366 g/mol. The van der Waals surface area contributed by atoms with Gasteiger partial charge in [0.15, 0.2) is 0 Å². The second kappa shape index (κ2) is 10.7. The lowest BCUT2D eigenvalue weighted by atomic mass is 10.1. The molecule has 6 nitrogen and oxygen atoms in total. The van der Waals surface area contributed by atoms with Crippen LogP contribution in [0.5, 0.6) is 11.5 Å². The van der Waals surface area contributed by atoms with Crippen molar-refractivity contribution in [3.63, 3.8) is 0 Å². The van der Waals surface area contributed by atoms with Crippen LogP contribution in [0.25, 0.3) is 0 Å². The van der Waals surface area contributed by atoms with Crippen LogP contribution in [0.1, 0.15) is 12.0 Å². The molecule has 0 spiro atoms. The number of rotatable bonds is 10. The molecule has 0 fully saturated rings. The van der Waals surface area contributed by atoms with E-state index in [-0.39, 0.29) is 12.3 Å². The Morgan fingerprint density at radius 2 is 1.83 bits per heavy atom. The van der Waals surface area contributed by atoms with Gasteiger partial charge in [-0.3, -0.25) is 4.79 Å². The van der Waals surface area contributed by atoms with Crippen molar-refractivity contribution < 1.29 is 14.3 Å². The van der Waals surface area contributed by atoms with Crippen molar-refractivity contribution in [1.82, 2.24) is 4.98 Å². The molecule has 2 N–H and O–H groups in total. The maximum absolute atomic E-state index is 12.0. The van der Waals surface area contributed by atoms with Crippen LogP contribution in [-0.2, 0) is 11.2 Å². The molecular formula is C23H25N3O3. The average Bonchev–Trinajstić information content (AvgIpc) is 2.76. The molecule has 1 heterocycles. The number of amides is 1. The summed E-state index contributed by atoms with van der Waals surface area (Å²) in [7, 11) is 1.66. The Morgan fingerprint density at radius 1 is 1.00 bits per heavy atom. The predicted octanol–water partition coefficient (Wildman–Crippen LogP) is 4.15. The molecule has 0 aliphatic carbocycles. The van der Waals surface area contributed by atoms with Crippen molar-refractivity contribution in [3.8, 4) is 11.5 Å². The maximum Gasteiger partial charge on any atom is 0.227 e. The molecule has 0 bridgehead atoms. The summed E-state index contributed by atoms with van der Waals surface area (Å²) in [5.74, 6) is 2.26. The third kappa shape index (κ3) is 6.84. The second-order valence-electron chi connectivity index (χ2n) is 6.42. The van der Waals surface area contributed by atoms with E-state index in [9.17, 15) is 4.79 Å². The van der Waals surface area contributed by atoms with E-state index in [1.165, 1.54) is 5.56 Å². The van der Waals surface area contributed by atoms with E-state index >= 15 is 0 Å². The van der Waals surface area contributed by atoms with Crippen LogP contribution in [0.3, 0.4) is 0 Å². The molecule has 0 radical (unpaired) electrons. The molecule has 0 unspecified atom stereocenters. The van der Waals surface area contributed by atoms with Crippen LogP contribution in [-0.4, -0.2) is 31.2 Å². The zero-order valence-corrected chi connectivity index (χ0v) is 16.4. The minimum absolute atomic E-state index is 0.110. The van der Waals surface area contributed by atoms with Gasteiger partial charge in [-0.1, -0.05) is 30.3 Å². The van der Waals surface area contributed by atoms with Crippen molar-refractivity contribution in [2.24, 2.45) is 0 Å². The second-order valence-corrected chi connectivity index (χ2v) is 6.42. The number of nitrogens with one attached hydrogen (secondary N) is 2. The van der Waals surface area contributed by atoms with Crippen molar-refractivity contribution in [1.29, 1.82) is 0 Å². The minimum atomic E-state index is -0.110. The summed E-state index contributed by atoms with van der Waals surface area (Å²) in [6, 6.07) is 21.1. The summed E-state index contributed by atoms with van der Waals surface area (Å²) in [4.78, 5) is 16.4. The largest absolute Gasteiger partial charge is 0.497 e. The molecule has 3 aromatic rings. The number of hydrogen-bond acceptors (Lipinski definition) is 5. The van der Waals surface area contributed by atoms with Gasteiger partial charge in [-0.25, -0.2) is 4.98 Å². The lowest BCUT2D eigenvalue weighted by Gasteiger charge is -2.09. The summed E-state index contributed by atoms with van der Waals surface area (Å²) in [6.45, 7) is 1.08. The highest BCUT2D eigenvalue weighted by molar-refractivity contribution is 5.90. The molecule has 0 saturated heterocycles. The molecule has 6 heteroatoms. The normalized spacial score (nSPS) is 10.2. The standard InChI is InChI=1S/C23H25N3O3/c1-28-21-9-5-6-18(16-21)12-14-24-22-11-10-19(17-25-22)26-23(27)13-15-29-20-7-3-2-4-8-20/h2-11,16-17H,12-15H2,1H3,(H,24,25)(H,26,27). The van der Waals surface area contributed by atoms with Gasteiger partial charge < -0.3 is 20.1 Å². The van der Waals surface area contributed by atoms with E-state index in [2.05, 4.69) is 21.7 Å². The zero-order chi connectivity index (χ0) is 20.3. The van der Waals surface area contributed by atoms with Crippen molar-refractivity contribution in [2.75, 3.05) is 30.9 Å². The monoisotopic (exact) mass is 391 g/mol. The Labute approximate surface area is 170 Å². The lowest BCUT2D eigenvalue weighted by Crippen LogP contribution is -2.15. The third-order valence-corrected chi connectivity index (χ3v) is 4.24. The molecule has 1 amide bonds. The molecule has 0 atom stereocenters. The van der Waals surface area contributed by atoms with Gasteiger partial charge in [-0.2, -0.15) is 0 Å². The molecule has 0 saturated carbocycles. The summed E-state index contributed by atoms with van der Waals surface area (Å²) in [6.07, 6.45) is 2.78. The zero-order valence-electron chi connectivity index (χ0n) is 16.4. The number of nitrogens with zero attached hydrogens (tertiary/aromatic N) is 1. The third-order valence-electron chi connectivity index (χ3n) is 4.24. The Hall–Kier alpha value is -3.54. The van der Waals surface area contributed by atoms with Gasteiger partial charge >= 0.3 is 0 Å². The minimum Gasteiger partial charge on any atom is -0.497 e. The first-order valence-corrected chi connectivity index (χ1v) is 9.53. The first-order chi connectivity index (χ1) is 14.2. The van der Waals surface area contributed by atoms with Crippen LogP contribution in [0.2, 0.25) is 0 Å². The van der Waals surface area contributed by atoms with Crippen LogP contribution < -0.4 is 20.1 Å². The van der Waals surface area contributed by atoms with Gasteiger partial charge in [0.05, 0.1) is 32.0 Å². The highest BCUT2D eigenvalue weighted by atomic mass is 16.5. The number of anilines is 2. The van der Waals surface area contributed by atoms with Gasteiger partial charge in [0.1, 0.15) is 17.3 Å². The number of carbonyl (C=O) groups is 1. The Kier molecular flexibility index (Phi) is 7.46. The van der Waals surface area contributed by atoms with Gasteiger partial charge in [0.25, 0.3) is 0 Å². The van der Waals surface area contributed by atoms with Crippen molar-refractivity contribution in [3.05, 3.63) is 78.5 Å². The summed E-state index contributed by atoms with van der Waals surface area (Å²) >= 11 is 0. The first-order valence-electron chi connectivity index (χ1n) is 9.53. The fraction of sp³-hybridized carbons (Fsp3) is 0.217. The van der Waals surface area contributed by atoms with E-state index in [1.807, 2.05) is 60.7 Å². The van der Waals surface area contributed by atoms with Gasteiger partial charge in [0.2, 0.25) is 5.91 Å². The lowest BCUT2D eigenvalue weighted by molar-refractivity contribution is -0.116. The number of benzene rings is 2. The summed E-state index contributed by atoms with van der Waals surface area (Å²) in [5.41, 5.74) is 1.85. The first kappa shape index (κ1) is 20.2. The molecule has 1 aromatic heterocycles. The Bertz CT molecular complexity index is 899. The molecule has 29 heavy (non-hydrogen) atoms. The molecule has 150 valence electrons. The van der Waals surface area contributed by atoms with E-state index in [0.717, 1.165) is 30.3 Å². The summed E-state index contributed by atoms with van der Waals surface area (Å²) in [5, 5.41) is 6.11. The van der Waals surface area contributed by atoms with Gasteiger partial charge in [-0.05, 0) is 48.4 Å². The van der Waals surface area contributed by atoms with Crippen LogP contribution in [0, 0.1) is 0 Å². The fourth-order valence-electron chi connectivity index (χ4n) is 2.74. The molecule has 2 aromatic carbocycles.